The maximum atomic E-state index is 11.7. The van der Waals surface area contributed by atoms with Crippen LogP contribution in [0.5, 0.6) is 0 Å². The Labute approximate surface area is 108 Å². The molecule has 6 heteroatoms. The maximum Gasteiger partial charge on any atom is 0.248 e. The standard InChI is InChI=1S/C12H23N3O3/c1-4-18-10-12(17)15-7-5-14(6-8-15)9-11(16)13(2)3/h4-10H2,1-3H3. The minimum atomic E-state index is 0.0374. The number of hydrogen-bond acceptors (Lipinski definition) is 4. The molecule has 6 nitrogen and oxygen atoms in total. The lowest BCUT2D eigenvalue weighted by molar-refractivity contribution is -0.138. The average molecular weight is 257 g/mol. The molecule has 1 rings (SSSR count). The van der Waals surface area contributed by atoms with E-state index in [2.05, 4.69) is 4.90 Å². The van der Waals surface area contributed by atoms with Gasteiger partial charge in [-0.15, -0.1) is 0 Å². The van der Waals surface area contributed by atoms with Crippen LogP contribution < -0.4 is 0 Å². The third-order valence-electron chi connectivity index (χ3n) is 3.01. The fourth-order valence-electron chi connectivity index (χ4n) is 1.77. The highest BCUT2D eigenvalue weighted by molar-refractivity contribution is 5.78. The van der Waals surface area contributed by atoms with Gasteiger partial charge in [-0.05, 0) is 6.92 Å². The molecule has 0 N–H and O–H groups in total. The Morgan fingerprint density at radius 3 is 2.28 bits per heavy atom. The second kappa shape index (κ2) is 7.33. The number of amides is 2. The van der Waals surface area contributed by atoms with Gasteiger partial charge in [0.15, 0.2) is 0 Å². The van der Waals surface area contributed by atoms with Crippen molar-refractivity contribution >= 4 is 11.8 Å². The maximum absolute atomic E-state index is 11.7. The summed E-state index contributed by atoms with van der Waals surface area (Å²) in [6.45, 7) is 5.86. The van der Waals surface area contributed by atoms with Crippen LogP contribution in [0.4, 0.5) is 0 Å². The van der Waals surface area contributed by atoms with Crippen LogP contribution in [0.25, 0.3) is 0 Å². The predicted octanol–water partition coefficient (Wildman–Crippen LogP) is -0.745. The van der Waals surface area contributed by atoms with Crippen molar-refractivity contribution in [3.63, 3.8) is 0 Å². The normalized spacial score (nSPS) is 16.7. The van der Waals surface area contributed by atoms with E-state index in [0.29, 0.717) is 26.2 Å². The van der Waals surface area contributed by atoms with Crippen molar-refractivity contribution < 1.29 is 14.3 Å². The number of rotatable bonds is 5. The molecule has 1 aliphatic rings. The molecule has 1 aliphatic heterocycles. The molecule has 0 aliphatic carbocycles. The van der Waals surface area contributed by atoms with Crippen molar-refractivity contribution in [3.05, 3.63) is 0 Å². The fraction of sp³-hybridized carbons (Fsp3) is 0.833. The van der Waals surface area contributed by atoms with E-state index in [1.165, 1.54) is 0 Å². The van der Waals surface area contributed by atoms with Gasteiger partial charge in [0.05, 0.1) is 6.54 Å². The summed E-state index contributed by atoms with van der Waals surface area (Å²) < 4.78 is 5.11. The number of likely N-dealkylation sites (N-methyl/N-ethyl adjacent to an activating group) is 1. The highest BCUT2D eigenvalue weighted by Gasteiger charge is 2.22. The molecular weight excluding hydrogens is 234 g/mol. The van der Waals surface area contributed by atoms with Crippen molar-refractivity contribution in [1.82, 2.24) is 14.7 Å². The molecular formula is C12H23N3O3. The molecule has 0 unspecified atom stereocenters. The lowest BCUT2D eigenvalue weighted by Gasteiger charge is -2.34. The van der Waals surface area contributed by atoms with Gasteiger partial charge in [-0.3, -0.25) is 14.5 Å². The molecule has 1 heterocycles. The zero-order valence-electron chi connectivity index (χ0n) is 11.5. The number of piperazine rings is 1. The van der Waals surface area contributed by atoms with Gasteiger partial charge in [-0.25, -0.2) is 0 Å². The van der Waals surface area contributed by atoms with Crippen molar-refractivity contribution in [2.45, 2.75) is 6.92 Å². The third-order valence-corrected chi connectivity index (χ3v) is 3.01. The zero-order valence-corrected chi connectivity index (χ0v) is 11.5. The molecule has 104 valence electrons. The Morgan fingerprint density at radius 1 is 1.17 bits per heavy atom. The summed E-state index contributed by atoms with van der Waals surface area (Å²) in [5.41, 5.74) is 0. The van der Waals surface area contributed by atoms with Crippen molar-refractivity contribution in [1.29, 1.82) is 0 Å². The first-order chi connectivity index (χ1) is 8.54. The Hall–Kier alpha value is -1.14. The topological polar surface area (TPSA) is 53.1 Å². The molecule has 18 heavy (non-hydrogen) atoms. The Morgan fingerprint density at radius 2 is 1.78 bits per heavy atom. The highest BCUT2D eigenvalue weighted by atomic mass is 16.5. The van der Waals surface area contributed by atoms with Gasteiger partial charge in [-0.2, -0.15) is 0 Å². The smallest absolute Gasteiger partial charge is 0.248 e. The highest BCUT2D eigenvalue weighted by Crippen LogP contribution is 2.02. The summed E-state index contributed by atoms with van der Waals surface area (Å²) in [4.78, 5) is 28.7. The number of carbonyl (C=O) groups is 2. The first-order valence-corrected chi connectivity index (χ1v) is 6.32. The van der Waals surface area contributed by atoms with Crippen molar-refractivity contribution in [3.8, 4) is 0 Å². The Kier molecular flexibility index (Phi) is 6.07. The molecule has 0 atom stereocenters. The van der Waals surface area contributed by atoms with Gasteiger partial charge in [0.1, 0.15) is 6.61 Å². The van der Waals surface area contributed by atoms with Crippen LogP contribution >= 0.6 is 0 Å². The second-order valence-electron chi connectivity index (χ2n) is 4.58. The first-order valence-electron chi connectivity index (χ1n) is 6.32. The minimum absolute atomic E-state index is 0.0374. The van der Waals surface area contributed by atoms with Crippen LogP contribution in [0.15, 0.2) is 0 Å². The lowest BCUT2D eigenvalue weighted by atomic mass is 10.3. The van der Waals surface area contributed by atoms with Gasteiger partial charge in [-0.1, -0.05) is 0 Å². The molecule has 2 amide bonds. The predicted molar refractivity (Wildman–Crippen MR) is 68.2 cm³/mol. The molecule has 0 saturated carbocycles. The molecule has 0 aromatic carbocycles. The molecule has 0 aromatic rings. The van der Waals surface area contributed by atoms with E-state index in [9.17, 15) is 9.59 Å². The lowest BCUT2D eigenvalue weighted by Crippen LogP contribution is -2.51. The fourth-order valence-corrected chi connectivity index (χ4v) is 1.77. The average Bonchev–Trinajstić information content (AvgIpc) is 2.36. The van der Waals surface area contributed by atoms with Gasteiger partial charge >= 0.3 is 0 Å². The Balaban J connectivity index is 2.28. The van der Waals surface area contributed by atoms with E-state index < -0.39 is 0 Å². The molecule has 1 fully saturated rings. The number of carbonyl (C=O) groups excluding carboxylic acids is 2. The molecule has 1 saturated heterocycles. The van der Waals surface area contributed by atoms with Crippen LogP contribution in [-0.2, 0) is 14.3 Å². The van der Waals surface area contributed by atoms with E-state index in [0.717, 1.165) is 13.1 Å². The van der Waals surface area contributed by atoms with Gasteiger partial charge < -0.3 is 14.5 Å². The summed E-state index contributed by atoms with van der Waals surface area (Å²) >= 11 is 0. The molecule has 0 aromatic heterocycles. The van der Waals surface area contributed by atoms with Gasteiger partial charge in [0.25, 0.3) is 0 Å². The number of ether oxygens (including phenoxy) is 1. The van der Waals surface area contributed by atoms with E-state index in [1.807, 2.05) is 6.92 Å². The van der Waals surface area contributed by atoms with E-state index in [1.54, 1.807) is 23.9 Å². The minimum Gasteiger partial charge on any atom is -0.372 e. The summed E-state index contributed by atoms with van der Waals surface area (Å²) in [5.74, 6) is 0.138. The number of nitrogens with zero attached hydrogens (tertiary/aromatic N) is 3. The Bertz CT molecular complexity index is 286. The van der Waals surface area contributed by atoms with E-state index >= 15 is 0 Å². The van der Waals surface area contributed by atoms with Gasteiger partial charge in [0, 0.05) is 46.9 Å². The summed E-state index contributed by atoms with van der Waals surface area (Å²) in [7, 11) is 3.51. The quantitative estimate of drug-likeness (QED) is 0.651. The monoisotopic (exact) mass is 257 g/mol. The van der Waals surface area contributed by atoms with Gasteiger partial charge in [0.2, 0.25) is 11.8 Å². The zero-order chi connectivity index (χ0) is 13.5. The van der Waals surface area contributed by atoms with E-state index in [4.69, 9.17) is 4.74 Å². The molecule has 0 spiro atoms. The third kappa shape index (κ3) is 4.62. The van der Waals surface area contributed by atoms with Crippen LogP contribution in [0, 0.1) is 0 Å². The van der Waals surface area contributed by atoms with Crippen LogP contribution in [-0.4, -0.2) is 86.5 Å². The SMILES string of the molecule is CCOCC(=O)N1CCN(CC(=O)N(C)C)CC1. The molecule has 0 bridgehead atoms. The van der Waals surface area contributed by atoms with Crippen LogP contribution in [0.2, 0.25) is 0 Å². The summed E-state index contributed by atoms with van der Waals surface area (Å²) in [6, 6.07) is 0. The molecule has 0 radical (unpaired) electrons. The van der Waals surface area contributed by atoms with E-state index in [-0.39, 0.29) is 18.4 Å². The summed E-state index contributed by atoms with van der Waals surface area (Å²) in [6.07, 6.45) is 0. The summed E-state index contributed by atoms with van der Waals surface area (Å²) in [5, 5.41) is 0. The largest absolute Gasteiger partial charge is 0.372 e. The second-order valence-corrected chi connectivity index (χ2v) is 4.58. The van der Waals surface area contributed by atoms with Crippen molar-refractivity contribution in [2.75, 3.05) is 60.0 Å². The first kappa shape index (κ1) is 14.9. The van der Waals surface area contributed by atoms with Crippen LogP contribution in [0.3, 0.4) is 0 Å². The van der Waals surface area contributed by atoms with Crippen LogP contribution in [0.1, 0.15) is 6.92 Å². The van der Waals surface area contributed by atoms with Crippen molar-refractivity contribution in [2.24, 2.45) is 0 Å². The number of hydrogen-bond donors (Lipinski definition) is 0.